The van der Waals surface area contributed by atoms with Crippen molar-refractivity contribution in [3.05, 3.63) is 0 Å². The first-order valence-corrected chi connectivity index (χ1v) is 20.9. The lowest BCUT2D eigenvalue weighted by Crippen LogP contribution is -2.14. The van der Waals surface area contributed by atoms with E-state index in [-0.39, 0.29) is 5.97 Å². The second kappa shape index (κ2) is 38.7. The van der Waals surface area contributed by atoms with E-state index in [0.29, 0.717) is 18.9 Å². The van der Waals surface area contributed by atoms with E-state index in [9.17, 15) is 4.79 Å². The van der Waals surface area contributed by atoms with Gasteiger partial charge >= 0.3 is 5.97 Å². The van der Waals surface area contributed by atoms with Crippen molar-refractivity contribution in [2.45, 2.75) is 252 Å². The summed E-state index contributed by atoms with van der Waals surface area (Å²) < 4.78 is 5.76. The van der Waals surface area contributed by atoms with Gasteiger partial charge in [0.05, 0.1) is 6.61 Å². The fraction of sp³-hybridized carbons (Fsp3) is 0.976. The zero-order chi connectivity index (χ0) is 32.0. The molecular weight excluding hydrogens is 536 g/mol. The van der Waals surface area contributed by atoms with Gasteiger partial charge in [0.2, 0.25) is 0 Å². The molecule has 0 aliphatic rings. The van der Waals surface area contributed by atoms with Crippen molar-refractivity contribution in [3.8, 4) is 0 Å². The topological polar surface area (TPSA) is 26.3 Å². The normalized spacial score (nSPS) is 12.2. The molecule has 0 fully saturated rings. The molecule has 0 aliphatic carbocycles. The van der Waals surface area contributed by atoms with E-state index in [1.807, 2.05) is 0 Å². The van der Waals surface area contributed by atoms with Crippen molar-refractivity contribution >= 4 is 5.97 Å². The Morgan fingerprint density at radius 3 is 0.909 bits per heavy atom. The van der Waals surface area contributed by atoms with Crippen molar-refractivity contribution in [1.82, 2.24) is 0 Å². The first kappa shape index (κ1) is 43.5. The Balaban J connectivity index is 3.84. The van der Waals surface area contributed by atoms with Gasteiger partial charge in [0.25, 0.3) is 0 Å². The van der Waals surface area contributed by atoms with Gasteiger partial charge < -0.3 is 4.74 Å². The van der Waals surface area contributed by atoms with E-state index in [1.54, 1.807) is 0 Å². The lowest BCUT2D eigenvalue weighted by molar-refractivity contribution is -0.145. The zero-order valence-electron chi connectivity index (χ0n) is 31.1. The fourth-order valence-electron chi connectivity index (χ4n) is 6.72. The molecule has 2 nitrogen and oxygen atoms in total. The van der Waals surface area contributed by atoms with Crippen molar-refractivity contribution in [2.75, 3.05) is 6.61 Å². The minimum atomic E-state index is 0.0383. The second-order valence-corrected chi connectivity index (χ2v) is 14.5. The number of hydrogen-bond acceptors (Lipinski definition) is 2. The maximum atomic E-state index is 12.2. The molecular formula is C42H84O2. The third kappa shape index (κ3) is 35.9. The largest absolute Gasteiger partial charge is 0.465 e. The predicted molar refractivity (Wildman–Crippen MR) is 198 cm³/mol. The molecule has 0 saturated carbocycles. The molecule has 264 valence electrons. The highest BCUT2D eigenvalue weighted by molar-refractivity contribution is 5.69. The summed E-state index contributed by atoms with van der Waals surface area (Å²) in [6.07, 6.45) is 48.9. The number of esters is 1. The number of carbonyl (C=O) groups is 1. The first-order chi connectivity index (χ1) is 21.7. The number of rotatable bonds is 38. The van der Waals surface area contributed by atoms with Crippen molar-refractivity contribution < 1.29 is 9.53 Å². The number of hydrogen-bond donors (Lipinski definition) is 0. The highest BCUT2D eigenvalue weighted by Gasteiger charge is 2.12. The molecule has 0 aromatic carbocycles. The summed E-state index contributed by atoms with van der Waals surface area (Å²) in [6, 6.07) is 0. The van der Waals surface area contributed by atoms with Crippen LogP contribution in [-0.2, 0) is 9.53 Å². The third-order valence-corrected chi connectivity index (χ3v) is 9.90. The van der Waals surface area contributed by atoms with E-state index in [1.165, 1.54) is 205 Å². The van der Waals surface area contributed by atoms with Crippen LogP contribution in [0.4, 0.5) is 0 Å². The standard InChI is InChI=1S/C42H84O2/c1-4-7-10-12-14-16-18-20-22-23-25-27-29-31-33-36-38-41(40-44-42(43)39-34-9-6-3)37-35-32-30-28-26-24-21-19-17-15-13-11-8-5-2/h41H,4-40H2,1-3H3. The van der Waals surface area contributed by atoms with Gasteiger partial charge in [-0.05, 0) is 25.2 Å². The summed E-state index contributed by atoms with van der Waals surface area (Å²) in [5.41, 5.74) is 0. The van der Waals surface area contributed by atoms with E-state index in [4.69, 9.17) is 4.74 Å². The molecule has 0 aromatic rings. The van der Waals surface area contributed by atoms with Crippen molar-refractivity contribution in [1.29, 1.82) is 0 Å². The van der Waals surface area contributed by atoms with E-state index < -0.39 is 0 Å². The van der Waals surface area contributed by atoms with Crippen LogP contribution in [0, 0.1) is 5.92 Å². The molecule has 1 unspecified atom stereocenters. The molecule has 1 atom stereocenters. The highest BCUT2D eigenvalue weighted by Crippen LogP contribution is 2.21. The molecule has 44 heavy (non-hydrogen) atoms. The molecule has 0 radical (unpaired) electrons. The Hall–Kier alpha value is -0.530. The molecule has 0 bridgehead atoms. The fourth-order valence-corrected chi connectivity index (χ4v) is 6.72. The van der Waals surface area contributed by atoms with Crippen LogP contribution >= 0.6 is 0 Å². The van der Waals surface area contributed by atoms with Gasteiger partial charge in [0, 0.05) is 6.42 Å². The van der Waals surface area contributed by atoms with Crippen LogP contribution < -0.4 is 0 Å². The quantitative estimate of drug-likeness (QED) is 0.0507. The van der Waals surface area contributed by atoms with Gasteiger partial charge in [-0.15, -0.1) is 0 Å². The summed E-state index contributed by atoms with van der Waals surface area (Å²) in [5, 5.41) is 0. The Morgan fingerprint density at radius 1 is 0.364 bits per heavy atom. The van der Waals surface area contributed by atoms with E-state index in [0.717, 1.165) is 19.3 Å². The molecule has 0 rings (SSSR count). The van der Waals surface area contributed by atoms with Crippen LogP contribution in [0.5, 0.6) is 0 Å². The predicted octanol–water partition coefficient (Wildman–Crippen LogP) is 15.2. The summed E-state index contributed by atoms with van der Waals surface area (Å²) in [7, 11) is 0. The molecule has 0 heterocycles. The van der Waals surface area contributed by atoms with Crippen molar-refractivity contribution in [3.63, 3.8) is 0 Å². The van der Waals surface area contributed by atoms with Gasteiger partial charge in [0.15, 0.2) is 0 Å². The summed E-state index contributed by atoms with van der Waals surface area (Å²) in [5.74, 6) is 0.616. The van der Waals surface area contributed by atoms with Gasteiger partial charge in [-0.1, -0.05) is 226 Å². The molecule has 0 saturated heterocycles. The molecule has 0 aromatic heterocycles. The summed E-state index contributed by atoms with van der Waals surface area (Å²) in [6.45, 7) is 7.46. The van der Waals surface area contributed by atoms with Crippen LogP contribution in [0.25, 0.3) is 0 Å². The van der Waals surface area contributed by atoms with Crippen LogP contribution in [0.15, 0.2) is 0 Å². The Labute approximate surface area is 279 Å². The zero-order valence-corrected chi connectivity index (χ0v) is 31.1. The molecule has 2 heteroatoms. The third-order valence-electron chi connectivity index (χ3n) is 9.90. The van der Waals surface area contributed by atoms with Crippen LogP contribution in [0.3, 0.4) is 0 Å². The summed E-state index contributed by atoms with van der Waals surface area (Å²) in [4.78, 5) is 12.2. The second-order valence-electron chi connectivity index (χ2n) is 14.5. The maximum absolute atomic E-state index is 12.2. The molecule has 0 spiro atoms. The smallest absolute Gasteiger partial charge is 0.305 e. The molecule has 0 amide bonds. The Kier molecular flexibility index (Phi) is 38.2. The van der Waals surface area contributed by atoms with E-state index in [2.05, 4.69) is 20.8 Å². The van der Waals surface area contributed by atoms with Gasteiger partial charge in [0.1, 0.15) is 0 Å². The average Bonchev–Trinajstić information content (AvgIpc) is 3.03. The molecule has 0 N–H and O–H groups in total. The minimum absolute atomic E-state index is 0.0383. The van der Waals surface area contributed by atoms with Crippen LogP contribution in [0.1, 0.15) is 252 Å². The maximum Gasteiger partial charge on any atom is 0.305 e. The summed E-state index contributed by atoms with van der Waals surface area (Å²) >= 11 is 0. The lowest BCUT2D eigenvalue weighted by atomic mass is 9.94. The minimum Gasteiger partial charge on any atom is -0.465 e. The number of ether oxygens (including phenoxy) is 1. The van der Waals surface area contributed by atoms with Gasteiger partial charge in [-0.2, -0.15) is 0 Å². The highest BCUT2D eigenvalue weighted by atomic mass is 16.5. The SMILES string of the molecule is CCCCCCCCCCCCCCCCCCC(CCCCCCCCCCCCCCCC)COC(=O)CCCCC. The van der Waals surface area contributed by atoms with Crippen LogP contribution in [-0.4, -0.2) is 12.6 Å². The van der Waals surface area contributed by atoms with Crippen LogP contribution in [0.2, 0.25) is 0 Å². The molecule has 0 aliphatic heterocycles. The lowest BCUT2D eigenvalue weighted by Gasteiger charge is -2.17. The Bertz CT molecular complexity index is 530. The average molecular weight is 621 g/mol. The Morgan fingerprint density at radius 2 is 0.614 bits per heavy atom. The van der Waals surface area contributed by atoms with Gasteiger partial charge in [-0.3, -0.25) is 4.79 Å². The number of carbonyl (C=O) groups excluding carboxylic acids is 1. The van der Waals surface area contributed by atoms with E-state index >= 15 is 0 Å². The van der Waals surface area contributed by atoms with Crippen molar-refractivity contribution in [2.24, 2.45) is 5.92 Å². The van der Waals surface area contributed by atoms with Gasteiger partial charge in [-0.25, -0.2) is 0 Å². The number of unbranched alkanes of at least 4 members (excludes halogenated alkanes) is 30. The first-order valence-electron chi connectivity index (χ1n) is 20.9. The monoisotopic (exact) mass is 621 g/mol.